The Bertz CT molecular complexity index is 1100. The Morgan fingerprint density at radius 2 is 2.04 bits per heavy atom. The molecular weight excluding hydrogens is 360 g/mol. The van der Waals surface area contributed by atoms with Gasteiger partial charge in [-0.15, -0.1) is 0 Å². The van der Waals surface area contributed by atoms with Gasteiger partial charge in [0.25, 0.3) is 0 Å². The van der Waals surface area contributed by atoms with Gasteiger partial charge in [0.2, 0.25) is 5.90 Å². The second-order valence-corrected chi connectivity index (χ2v) is 6.30. The molecule has 0 aliphatic heterocycles. The summed E-state index contributed by atoms with van der Waals surface area (Å²) in [6.45, 7) is 5.64. The molecule has 0 radical (unpaired) electrons. The van der Waals surface area contributed by atoms with Crippen molar-refractivity contribution in [1.82, 2.24) is 20.2 Å². The molecule has 0 atom stereocenters. The lowest BCUT2D eigenvalue weighted by atomic mass is 10.1. The number of tetrazole rings is 1. The Hall–Kier alpha value is -3.75. The van der Waals surface area contributed by atoms with Crippen molar-refractivity contribution in [3.63, 3.8) is 0 Å². The number of nitrogens with zero attached hydrogens (tertiary/aromatic N) is 3. The van der Waals surface area contributed by atoms with Gasteiger partial charge in [0.15, 0.2) is 0 Å². The summed E-state index contributed by atoms with van der Waals surface area (Å²) in [6.07, 6.45) is 0. The predicted molar refractivity (Wildman–Crippen MR) is 103 cm³/mol. The van der Waals surface area contributed by atoms with Gasteiger partial charge in [0.05, 0.1) is 12.6 Å². The molecule has 0 fully saturated rings. The number of aromatic amines is 1. The average Bonchev–Trinajstić information content (AvgIpc) is 3.06. The average molecular weight is 381 g/mol. The van der Waals surface area contributed by atoms with Crippen molar-refractivity contribution in [3.8, 4) is 11.4 Å². The highest BCUT2D eigenvalue weighted by Crippen LogP contribution is 2.23. The third kappa shape index (κ3) is 3.98. The van der Waals surface area contributed by atoms with Crippen LogP contribution in [0.5, 0.6) is 5.75 Å². The van der Waals surface area contributed by atoms with Crippen LogP contribution in [0.1, 0.15) is 29.2 Å². The summed E-state index contributed by atoms with van der Waals surface area (Å²) in [5.74, 6) is 0.839. The molecule has 3 rings (SSSR count). The first-order valence-corrected chi connectivity index (χ1v) is 8.55. The van der Waals surface area contributed by atoms with E-state index in [1.807, 2.05) is 26.0 Å². The van der Waals surface area contributed by atoms with Crippen LogP contribution in [-0.4, -0.2) is 32.0 Å². The minimum absolute atomic E-state index is 0.0266. The first kappa shape index (κ1) is 19.0. The third-order valence-electron chi connectivity index (χ3n) is 4.16. The van der Waals surface area contributed by atoms with Crippen LogP contribution in [0.2, 0.25) is 0 Å². The molecule has 9 nitrogen and oxygen atoms in total. The number of nitrogens with two attached hydrogens (primary N) is 1. The molecule has 0 aliphatic rings. The van der Waals surface area contributed by atoms with Crippen molar-refractivity contribution >= 4 is 11.8 Å². The van der Waals surface area contributed by atoms with E-state index < -0.39 is 5.69 Å². The molecule has 144 valence electrons. The highest BCUT2D eigenvalue weighted by molar-refractivity contribution is 5.98. The second kappa shape index (κ2) is 7.87. The van der Waals surface area contributed by atoms with Crippen LogP contribution in [0.4, 0.5) is 0 Å². The number of H-pyrrole nitrogens is 1. The van der Waals surface area contributed by atoms with Gasteiger partial charge in [-0.05, 0) is 59.7 Å². The van der Waals surface area contributed by atoms with E-state index in [4.69, 9.17) is 20.3 Å². The fourth-order valence-electron chi connectivity index (χ4n) is 2.75. The number of ether oxygens (including phenoxy) is 2. The number of rotatable bonds is 5. The fourth-order valence-corrected chi connectivity index (χ4v) is 2.75. The first-order chi connectivity index (χ1) is 13.4. The predicted octanol–water partition coefficient (Wildman–Crippen LogP) is 0.671. The molecule has 28 heavy (non-hydrogen) atoms. The molecule has 0 aliphatic carbocycles. The summed E-state index contributed by atoms with van der Waals surface area (Å²) >= 11 is 0. The summed E-state index contributed by atoms with van der Waals surface area (Å²) < 4.78 is 12.3. The van der Waals surface area contributed by atoms with E-state index in [1.165, 1.54) is 4.68 Å². The van der Waals surface area contributed by atoms with Crippen LogP contribution in [0.3, 0.4) is 0 Å². The maximum atomic E-state index is 11.9. The molecule has 0 saturated heterocycles. The lowest BCUT2D eigenvalue weighted by Gasteiger charge is -2.14. The van der Waals surface area contributed by atoms with E-state index in [9.17, 15) is 4.79 Å². The van der Waals surface area contributed by atoms with Crippen molar-refractivity contribution in [3.05, 3.63) is 69.1 Å². The summed E-state index contributed by atoms with van der Waals surface area (Å²) in [5, 5.41) is 23.0. The number of benzene rings is 2. The van der Waals surface area contributed by atoms with Gasteiger partial charge < -0.3 is 9.47 Å². The minimum atomic E-state index is -0.419. The van der Waals surface area contributed by atoms with Gasteiger partial charge >= 0.3 is 11.6 Å². The van der Waals surface area contributed by atoms with Gasteiger partial charge in [-0.3, -0.25) is 5.41 Å². The summed E-state index contributed by atoms with van der Waals surface area (Å²) in [7, 11) is 0. The summed E-state index contributed by atoms with van der Waals surface area (Å²) in [6, 6.07) is 10.9. The zero-order valence-electron chi connectivity index (χ0n) is 15.8. The zero-order valence-corrected chi connectivity index (χ0v) is 15.8. The van der Waals surface area contributed by atoms with Crippen LogP contribution in [-0.2, 0) is 11.3 Å². The van der Waals surface area contributed by atoms with Gasteiger partial charge in [-0.2, -0.15) is 4.68 Å². The Balaban J connectivity index is 1.84. The Morgan fingerprint density at radius 3 is 2.68 bits per heavy atom. The maximum absolute atomic E-state index is 11.9. The Morgan fingerprint density at radius 1 is 1.25 bits per heavy atom. The lowest BCUT2D eigenvalue weighted by molar-refractivity contribution is -0.133. The Labute approximate surface area is 160 Å². The van der Waals surface area contributed by atoms with Crippen molar-refractivity contribution in [2.24, 2.45) is 0 Å². The molecule has 9 heteroatoms. The highest BCUT2D eigenvalue weighted by Gasteiger charge is 2.14. The molecule has 1 heterocycles. The second-order valence-electron chi connectivity index (χ2n) is 6.30. The molecule has 0 unspecified atom stereocenters. The monoisotopic (exact) mass is 381 g/mol. The fraction of sp³-hybridized carbons (Fsp3) is 0.211. The standard InChI is InChI=1S/C19H20N6O3/c1-11-5-4-6-16(25-19(26)22-23-24-25)15(11)10-27-17-8-7-14(9-12(17)2)18(21)28-13(3)20/h4-9,20-21H,10H2,1-3H3,(H,22,24,26)/p+1. The summed E-state index contributed by atoms with van der Waals surface area (Å²) in [5.41, 5.74) is 3.42. The first-order valence-electron chi connectivity index (χ1n) is 8.55. The van der Waals surface area contributed by atoms with Gasteiger partial charge in [0, 0.05) is 11.1 Å². The third-order valence-corrected chi connectivity index (χ3v) is 4.16. The van der Waals surface area contributed by atoms with Crippen LogP contribution in [0, 0.1) is 19.3 Å². The van der Waals surface area contributed by atoms with E-state index in [0.717, 1.165) is 16.7 Å². The molecule has 0 amide bonds. The van der Waals surface area contributed by atoms with Crippen LogP contribution >= 0.6 is 0 Å². The zero-order chi connectivity index (χ0) is 20.3. The smallest absolute Gasteiger partial charge is 0.365 e. The maximum Gasteiger partial charge on any atom is 0.365 e. The number of hydrogen-bond donors (Lipinski definition) is 3. The van der Waals surface area contributed by atoms with Crippen molar-refractivity contribution in [1.29, 1.82) is 5.41 Å². The molecule has 3 aromatic rings. The molecule has 0 bridgehead atoms. The van der Waals surface area contributed by atoms with E-state index in [2.05, 4.69) is 15.5 Å². The quantitative estimate of drug-likeness (QED) is 0.441. The largest absolute Gasteiger partial charge is 0.489 e. The minimum Gasteiger partial charge on any atom is -0.489 e. The van der Waals surface area contributed by atoms with Crippen molar-refractivity contribution in [2.75, 3.05) is 0 Å². The van der Waals surface area contributed by atoms with Gasteiger partial charge in [-0.25, -0.2) is 15.3 Å². The van der Waals surface area contributed by atoms with Gasteiger partial charge in [0.1, 0.15) is 12.4 Å². The number of aryl methyl sites for hydroxylation is 2. The van der Waals surface area contributed by atoms with Crippen molar-refractivity contribution in [2.45, 2.75) is 27.4 Å². The summed E-state index contributed by atoms with van der Waals surface area (Å²) in [4.78, 5) is 11.9. The van der Waals surface area contributed by atoms with E-state index in [0.29, 0.717) is 17.0 Å². The van der Waals surface area contributed by atoms with Crippen LogP contribution < -0.4 is 15.8 Å². The molecule has 0 saturated carbocycles. The van der Waals surface area contributed by atoms with Crippen LogP contribution in [0.15, 0.2) is 41.2 Å². The normalized spacial score (nSPS) is 10.5. The van der Waals surface area contributed by atoms with Gasteiger partial charge in [-0.1, -0.05) is 12.1 Å². The topological polar surface area (TPSA) is 131 Å². The molecule has 1 aromatic heterocycles. The van der Waals surface area contributed by atoms with E-state index in [-0.39, 0.29) is 18.4 Å². The Kier molecular flexibility index (Phi) is 5.35. The molecule has 2 aromatic carbocycles. The van der Waals surface area contributed by atoms with E-state index in [1.54, 1.807) is 31.2 Å². The lowest BCUT2D eigenvalue weighted by Crippen LogP contribution is -2.40. The highest BCUT2D eigenvalue weighted by atomic mass is 16.5. The van der Waals surface area contributed by atoms with Crippen LogP contribution in [0.25, 0.3) is 5.69 Å². The van der Waals surface area contributed by atoms with Crippen molar-refractivity contribution < 1.29 is 14.9 Å². The SMILES string of the molecule is CC(=[NH2+])OC(=N)c1ccc(OCc2c(C)cccc2-n2nn[nH]c2=O)c(C)c1. The molecule has 4 N–H and O–H groups in total. The molecular formula is C19H21N6O3+. The number of hydrogen-bond acceptors (Lipinski definition) is 6. The van der Waals surface area contributed by atoms with E-state index >= 15 is 0 Å². The number of nitrogens with one attached hydrogen (secondary N) is 2. The number of aromatic nitrogens is 4. The molecule has 0 spiro atoms.